The number of nitrogens with zero attached hydrogens (tertiary/aromatic N) is 2. The predicted octanol–water partition coefficient (Wildman–Crippen LogP) is 6.19. The molecule has 0 aromatic carbocycles. The average molecular weight is 504 g/mol. The van der Waals surface area contributed by atoms with Gasteiger partial charge in [0.25, 0.3) is 0 Å². The third kappa shape index (κ3) is 4.21. The van der Waals surface area contributed by atoms with Crippen LogP contribution in [0.2, 0.25) is 0 Å². The molecular formula is C32H45N3O2. The smallest absolute Gasteiger partial charge is 0.341 e. The van der Waals surface area contributed by atoms with Crippen LogP contribution in [0.15, 0.2) is 42.3 Å². The molecule has 3 fully saturated rings. The van der Waals surface area contributed by atoms with E-state index >= 15 is 0 Å². The minimum atomic E-state index is -0.126. The molecule has 2 saturated carbocycles. The molecule has 5 heteroatoms. The van der Waals surface area contributed by atoms with E-state index in [1.165, 1.54) is 44.1 Å². The number of hydrogen-bond acceptors (Lipinski definition) is 5. The Labute approximate surface area is 223 Å². The molecule has 1 aromatic rings. The Morgan fingerprint density at radius 1 is 1.14 bits per heavy atom. The summed E-state index contributed by atoms with van der Waals surface area (Å²) in [6, 6.07) is 4.24. The minimum Gasteiger partial charge on any atom is -0.369 e. The van der Waals surface area contributed by atoms with Gasteiger partial charge in [-0.1, -0.05) is 44.6 Å². The van der Waals surface area contributed by atoms with Crippen LogP contribution < -0.4 is 5.48 Å². The summed E-state index contributed by atoms with van der Waals surface area (Å²) in [5, 5.41) is 0. The van der Waals surface area contributed by atoms with Crippen molar-refractivity contribution >= 4 is 11.5 Å². The summed E-state index contributed by atoms with van der Waals surface area (Å²) < 4.78 is 0. The van der Waals surface area contributed by atoms with Crippen molar-refractivity contribution in [1.82, 2.24) is 15.4 Å². The van der Waals surface area contributed by atoms with E-state index in [-0.39, 0.29) is 22.8 Å². The third-order valence-corrected chi connectivity index (χ3v) is 11.5. The molecule has 5 nitrogen and oxygen atoms in total. The van der Waals surface area contributed by atoms with Gasteiger partial charge in [0.05, 0.1) is 0 Å². The van der Waals surface area contributed by atoms with E-state index in [9.17, 15) is 4.79 Å². The maximum atomic E-state index is 12.5. The second-order valence-electron chi connectivity index (χ2n) is 13.6. The molecule has 200 valence electrons. The summed E-state index contributed by atoms with van der Waals surface area (Å²) in [5.41, 5.74) is 8.27. The lowest BCUT2D eigenvalue weighted by Crippen LogP contribution is -2.51. The van der Waals surface area contributed by atoms with Gasteiger partial charge in [-0.3, -0.25) is 9.88 Å². The van der Waals surface area contributed by atoms with Crippen LogP contribution in [0.3, 0.4) is 0 Å². The Hall–Kier alpha value is -1.98. The van der Waals surface area contributed by atoms with E-state index in [0.717, 1.165) is 43.6 Å². The molecule has 1 aliphatic heterocycles. The first-order valence-corrected chi connectivity index (χ1v) is 14.7. The van der Waals surface area contributed by atoms with E-state index in [2.05, 4.69) is 66.6 Å². The molecule has 0 spiro atoms. The standard InChI is InChI=1S/C32H45N3O2/c1-30(21-34-37-29(36)28-8-6-18-35(28)4)15-16-31(2)23(19-30)9-10-24-26-12-11-25(22-7-5-17-33-20-22)32(26,3)14-13-27(24)31/h5,7,11,17,19-20,24,26-28,34H,6,8-10,12-16,18,21H2,1-4H3/t24-,26+,27+,28+,30?,31+,32-/m1/s1. The van der Waals surface area contributed by atoms with Gasteiger partial charge >= 0.3 is 5.97 Å². The maximum absolute atomic E-state index is 12.5. The number of likely N-dealkylation sites (N-methyl/N-ethyl adjacent to an activating group) is 1. The number of fused-ring (bicyclic) bond motifs is 5. The van der Waals surface area contributed by atoms with Crippen molar-refractivity contribution in [3.8, 4) is 0 Å². The summed E-state index contributed by atoms with van der Waals surface area (Å²) >= 11 is 0. The van der Waals surface area contributed by atoms with Crippen molar-refractivity contribution in [3.63, 3.8) is 0 Å². The van der Waals surface area contributed by atoms with Gasteiger partial charge in [0, 0.05) is 24.4 Å². The van der Waals surface area contributed by atoms with Crippen LogP contribution in [-0.2, 0) is 9.63 Å². The fourth-order valence-electron chi connectivity index (χ4n) is 9.17. The molecule has 0 amide bonds. The van der Waals surface area contributed by atoms with Crippen LogP contribution in [0, 0.1) is 34.0 Å². The Morgan fingerprint density at radius 2 is 2.00 bits per heavy atom. The first-order chi connectivity index (χ1) is 17.7. The highest BCUT2D eigenvalue weighted by Crippen LogP contribution is 2.67. The van der Waals surface area contributed by atoms with Crippen LogP contribution in [0.5, 0.6) is 0 Å². The molecule has 1 unspecified atom stereocenters. The third-order valence-electron chi connectivity index (χ3n) is 11.5. The van der Waals surface area contributed by atoms with Gasteiger partial charge in [-0.15, -0.1) is 0 Å². The molecule has 7 atom stereocenters. The van der Waals surface area contributed by atoms with Gasteiger partial charge in [0.1, 0.15) is 6.04 Å². The Balaban J connectivity index is 1.13. The second kappa shape index (κ2) is 9.34. The summed E-state index contributed by atoms with van der Waals surface area (Å²) in [6.07, 6.45) is 19.8. The summed E-state index contributed by atoms with van der Waals surface area (Å²) in [5.74, 6) is 2.21. The van der Waals surface area contributed by atoms with E-state index in [1.54, 1.807) is 11.1 Å². The number of nitrogens with one attached hydrogen (secondary N) is 1. The molecule has 4 aliphatic carbocycles. The first-order valence-electron chi connectivity index (χ1n) is 14.7. The van der Waals surface area contributed by atoms with Crippen molar-refractivity contribution in [3.05, 3.63) is 47.8 Å². The van der Waals surface area contributed by atoms with Gasteiger partial charge in [-0.25, -0.2) is 4.79 Å². The summed E-state index contributed by atoms with van der Waals surface area (Å²) in [4.78, 5) is 24.6. The van der Waals surface area contributed by atoms with Crippen LogP contribution in [0.1, 0.15) is 84.1 Å². The number of carbonyl (C=O) groups is 1. The zero-order valence-electron chi connectivity index (χ0n) is 23.3. The van der Waals surface area contributed by atoms with E-state index in [4.69, 9.17) is 4.84 Å². The lowest BCUT2D eigenvalue weighted by Gasteiger charge is -2.59. The topological polar surface area (TPSA) is 54.5 Å². The predicted molar refractivity (Wildman–Crippen MR) is 147 cm³/mol. The zero-order chi connectivity index (χ0) is 25.8. The van der Waals surface area contributed by atoms with E-state index in [0.29, 0.717) is 12.0 Å². The molecule has 6 rings (SSSR count). The lowest BCUT2D eigenvalue weighted by atomic mass is 9.45. The largest absolute Gasteiger partial charge is 0.369 e. The maximum Gasteiger partial charge on any atom is 0.341 e. The molecule has 0 radical (unpaired) electrons. The van der Waals surface area contributed by atoms with Crippen molar-refractivity contribution in [1.29, 1.82) is 0 Å². The van der Waals surface area contributed by atoms with Crippen molar-refractivity contribution in [2.75, 3.05) is 20.1 Å². The van der Waals surface area contributed by atoms with Crippen molar-refractivity contribution in [2.45, 2.75) is 84.6 Å². The molecular weight excluding hydrogens is 458 g/mol. The minimum absolute atomic E-state index is 0.0368. The molecule has 1 saturated heterocycles. The van der Waals surface area contributed by atoms with Gasteiger partial charge in [-0.2, -0.15) is 5.48 Å². The molecule has 1 aromatic heterocycles. The van der Waals surface area contributed by atoms with Gasteiger partial charge in [-0.05, 0) is 117 Å². The Morgan fingerprint density at radius 3 is 2.76 bits per heavy atom. The van der Waals surface area contributed by atoms with Crippen LogP contribution in [-0.4, -0.2) is 42.0 Å². The highest BCUT2D eigenvalue weighted by molar-refractivity contribution is 5.75. The quantitative estimate of drug-likeness (QED) is 0.384. The Kier molecular flexibility index (Phi) is 6.39. The van der Waals surface area contributed by atoms with Crippen LogP contribution in [0.25, 0.3) is 5.57 Å². The number of pyridine rings is 1. The summed E-state index contributed by atoms with van der Waals surface area (Å²) in [7, 11) is 2.01. The van der Waals surface area contributed by atoms with Gasteiger partial charge < -0.3 is 4.84 Å². The second-order valence-corrected chi connectivity index (χ2v) is 13.6. The number of aromatic nitrogens is 1. The fourth-order valence-corrected chi connectivity index (χ4v) is 9.17. The molecule has 5 aliphatic rings. The normalized spacial score (nSPS) is 41.3. The van der Waals surface area contributed by atoms with Crippen LogP contribution >= 0.6 is 0 Å². The van der Waals surface area contributed by atoms with Gasteiger partial charge in [0.15, 0.2) is 0 Å². The summed E-state index contributed by atoms with van der Waals surface area (Å²) in [6.45, 7) is 9.13. The van der Waals surface area contributed by atoms with Gasteiger partial charge in [0.2, 0.25) is 0 Å². The fraction of sp³-hybridized carbons (Fsp3) is 0.688. The molecule has 37 heavy (non-hydrogen) atoms. The SMILES string of the molecule is CN1CCC[C@H]1C(=O)ONCC1(C)C=C2CC[C@H]3[C@H](CC[C@]4(C)C(c5cccnc5)=CC[C@@H]34)[C@@]2(C)CC1. The molecule has 0 bridgehead atoms. The van der Waals surface area contributed by atoms with E-state index in [1.807, 2.05) is 13.2 Å². The van der Waals surface area contributed by atoms with Crippen molar-refractivity contribution in [2.24, 2.45) is 34.0 Å². The highest BCUT2D eigenvalue weighted by atomic mass is 16.7. The number of likely N-dealkylation sites (tertiary alicyclic amines) is 1. The Bertz CT molecular complexity index is 1100. The number of hydroxylamine groups is 1. The zero-order valence-corrected chi connectivity index (χ0v) is 23.3. The number of carbonyl (C=O) groups excluding carboxylic acids is 1. The highest BCUT2D eigenvalue weighted by Gasteiger charge is 2.57. The average Bonchev–Trinajstić information content (AvgIpc) is 3.48. The number of allylic oxidation sites excluding steroid dienone is 3. The van der Waals surface area contributed by atoms with Crippen LogP contribution in [0.4, 0.5) is 0 Å². The lowest BCUT2D eigenvalue weighted by molar-refractivity contribution is -0.157. The first kappa shape index (κ1) is 25.3. The number of rotatable bonds is 5. The number of hydrogen-bond donors (Lipinski definition) is 1. The molecule has 1 N–H and O–H groups in total. The molecule has 2 heterocycles. The monoisotopic (exact) mass is 503 g/mol. The van der Waals surface area contributed by atoms with Crippen molar-refractivity contribution < 1.29 is 9.63 Å². The van der Waals surface area contributed by atoms with E-state index < -0.39 is 0 Å².